The Morgan fingerprint density at radius 1 is 1.17 bits per heavy atom. The average Bonchev–Trinajstić information content (AvgIpc) is 3.16. The van der Waals surface area contributed by atoms with Crippen molar-refractivity contribution in [2.75, 3.05) is 26.7 Å². The number of carbonyl (C=O) groups is 2. The van der Waals surface area contributed by atoms with Crippen LogP contribution in [0.4, 0.5) is 0 Å². The third-order valence-electron chi connectivity index (χ3n) is 5.48. The minimum atomic E-state index is -0.661. The number of hydrogen-bond donors (Lipinski definition) is 4. The van der Waals surface area contributed by atoms with E-state index in [1.165, 1.54) is 16.4 Å². The molecule has 0 fully saturated rings. The van der Waals surface area contributed by atoms with Gasteiger partial charge < -0.3 is 15.0 Å². The molecule has 0 saturated carbocycles. The van der Waals surface area contributed by atoms with Crippen LogP contribution in [0.5, 0.6) is 5.75 Å². The van der Waals surface area contributed by atoms with E-state index in [9.17, 15) is 9.59 Å². The Balaban J connectivity index is 1.67. The van der Waals surface area contributed by atoms with Gasteiger partial charge in [-0.25, -0.2) is 5.48 Å². The number of carbonyl (C=O) groups excluding carboxylic acids is 2. The van der Waals surface area contributed by atoms with Gasteiger partial charge in [0.15, 0.2) is 0 Å². The van der Waals surface area contributed by atoms with E-state index in [-0.39, 0.29) is 25.0 Å². The predicted molar refractivity (Wildman–Crippen MR) is 111 cm³/mol. The molecule has 1 unspecified atom stereocenters. The third kappa shape index (κ3) is 3.87. The molecule has 1 aliphatic rings. The third-order valence-corrected chi connectivity index (χ3v) is 5.48. The first kappa shape index (κ1) is 19.9. The van der Waals surface area contributed by atoms with Gasteiger partial charge in [0.2, 0.25) is 5.91 Å². The zero-order valence-corrected chi connectivity index (χ0v) is 16.6. The summed E-state index contributed by atoms with van der Waals surface area (Å²) in [4.78, 5) is 29.3. The molecule has 2 aromatic carbocycles. The molecule has 1 atom stereocenters. The largest absolute Gasteiger partial charge is 0.497 e. The number of fused-ring (bicyclic) bond motifs is 3. The summed E-state index contributed by atoms with van der Waals surface area (Å²) in [6, 6.07) is 15.9. The highest BCUT2D eigenvalue weighted by Crippen LogP contribution is 2.38. The lowest BCUT2D eigenvalue weighted by molar-refractivity contribution is -0.131. The average molecular weight is 408 g/mol. The minimum Gasteiger partial charge on any atom is -0.497 e. The Bertz CT molecular complexity index is 1060. The van der Waals surface area contributed by atoms with Gasteiger partial charge in [-0.05, 0) is 35.7 Å². The number of aromatic nitrogens is 1. The Morgan fingerprint density at radius 2 is 1.93 bits per heavy atom. The molecule has 2 amide bonds. The van der Waals surface area contributed by atoms with Crippen molar-refractivity contribution in [1.82, 2.24) is 20.7 Å². The zero-order chi connectivity index (χ0) is 21.1. The van der Waals surface area contributed by atoms with Gasteiger partial charge in [0.25, 0.3) is 5.91 Å². The molecule has 0 saturated heterocycles. The van der Waals surface area contributed by atoms with Crippen LogP contribution in [-0.4, -0.2) is 53.6 Å². The highest BCUT2D eigenvalue weighted by molar-refractivity contribution is 5.86. The topological polar surface area (TPSA) is 107 Å². The van der Waals surface area contributed by atoms with Gasteiger partial charge in [-0.3, -0.25) is 19.7 Å². The molecule has 8 heteroatoms. The monoisotopic (exact) mass is 408 g/mol. The number of methoxy groups -OCH3 is 1. The molecule has 1 aromatic heterocycles. The number of amides is 2. The van der Waals surface area contributed by atoms with E-state index in [1.54, 1.807) is 7.11 Å². The van der Waals surface area contributed by atoms with Gasteiger partial charge >= 0.3 is 0 Å². The Kier molecular flexibility index (Phi) is 5.69. The highest BCUT2D eigenvalue weighted by atomic mass is 16.5. The van der Waals surface area contributed by atoms with E-state index >= 15 is 0 Å². The van der Waals surface area contributed by atoms with Crippen LogP contribution in [-0.2, 0) is 16.0 Å². The molecule has 156 valence electrons. The number of hydrogen-bond acceptors (Lipinski definition) is 5. The molecular formula is C22H24N4O4. The number of ether oxygens (including phenoxy) is 1. The second-order valence-corrected chi connectivity index (χ2v) is 7.27. The number of rotatable bonds is 6. The molecule has 2 heterocycles. The van der Waals surface area contributed by atoms with E-state index in [4.69, 9.17) is 9.94 Å². The van der Waals surface area contributed by atoms with Crippen molar-refractivity contribution in [3.63, 3.8) is 0 Å². The Morgan fingerprint density at radius 3 is 2.67 bits per heavy atom. The number of aromatic amines is 1. The van der Waals surface area contributed by atoms with E-state index < -0.39 is 5.91 Å². The number of nitrogens with zero attached hydrogens (tertiary/aromatic N) is 1. The molecule has 0 bridgehead atoms. The summed E-state index contributed by atoms with van der Waals surface area (Å²) in [5.41, 5.74) is 5.98. The smallest absolute Gasteiger partial charge is 0.262 e. The molecule has 1 aliphatic heterocycles. The summed E-state index contributed by atoms with van der Waals surface area (Å²) < 4.78 is 5.29. The number of nitrogens with one attached hydrogen (secondary N) is 3. The molecule has 4 N–H and O–H groups in total. The van der Waals surface area contributed by atoms with Crippen LogP contribution in [0.2, 0.25) is 0 Å². The Hall–Kier alpha value is -3.36. The van der Waals surface area contributed by atoms with Crippen LogP contribution in [0, 0.1) is 0 Å². The lowest BCUT2D eigenvalue weighted by Gasteiger charge is -2.35. The molecule has 0 aliphatic carbocycles. The van der Waals surface area contributed by atoms with Crippen molar-refractivity contribution in [2.45, 2.75) is 12.5 Å². The summed E-state index contributed by atoms with van der Waals surface area (Å²) in [6.45, 7) is 0.559. The van der Waals surface area contributed by atoms with Gasteiger partial charge in [-0.1, -0.05) is 30.3 Å². The van der Waals surface area contributed by atoms with Gasteiger partial charge in [0.1, 0.15) is 5.75 Å². The quantitative estimate of drug-likeness (QED) is 0.367. The van der Waals surface area contributed by atoms with Crippen molar-refractivity contribution >= 4 is 22.7 Å². The van der Waals surface area contributed by atoms with Crippen molar-refractivity contribution in [3.8, 4) is 5.75 Å². The van der Waals surface area contributed by atoms with Gasteiger partial charge in [0, 0.05) is 23.1 Å². The van der Waals surface area contributed by atoms with Crippen molar-refractivity contribution in [1.29, 1.82) is 0 Å². The van der Waals surface area contributed by atoms with Crippen LogP contribution in [0.15, 0.2) is 48.5 Å². The minimum absolute atomic E-state index is 0.129. The molecule has 4 rings (SSSR count). The van der Waals surface area contributed by atoms with Crippen LogP contribution >= 0.6 is 0 Å². The number of para-hydroxylation sites is 1. The fourth-order valence-corrected chi connectivity index (χ4v) is 4.08. The molecule has 0 radical (unpaired) electrons. The zero-order valence-electron chi connectivity index (χ0n) is 16.6. The summed E-state index contributed by atoms with van der Waals surface area (Å²) in [6.07, 6.45) is 0.816. The highest BCUT2D eigenvalue weighted by Gasteiger charge is 2.32. The van der Waals surface area contributed by atoms with E-state index in [2.05, 4.69) is 27.3 Å². The number of benzene rings is 2. The predicted octanol–water partition coefficient (Wildman–Crippen LogP) is 1.75. The first-order valence-corrected chi connectivity index (χ1v) is 9.78. The lowest BCUT2D eigenvalue weighted by Crippen LogP contribution is -2.45. The van der Waals surface area contributed by atoms with Gasteiger partial charge in [0.05, 0.1) is 26.2 Å². The maximum absolute atomic E-state index is 12.4. The summed E-state index contributed by atoms with van der Waals surface area (Å²) >= 11 is 0. The molecule has 3 aromatic rings. The maximum atomic E-state index is 12.4. The standard InChI is InChI=1S/C22H24N4O4/c1-30-15-8-6-14(7-9-15)22-21-17(16-4-2-3-5-18(16)24-21)10-11-26(22)13-20(28)23-12-19(27)25-29/h2-9,22,24,29H,10-13H2,1H3,(H,23,28)(H,25,27). The molecule has 30 heavy (non-hydrogen) atoms. The summed E-state index contributed by atoms with van der Waals surface area (Å²) in [7, 11) is 1.63. The second-order valence-electron chi connectivity index (χ2n) is 7.27. The normalized spacial score (nSPS) is 16.1. The van der Waals surface area contributed by atoms with Crippen molar-refractivity contribution in [2.24, 2.45) is 0 Å². The van der Waals surface area contributed by atoms with Crippen molar-refractivity contribution in [3.05, 3.63) is 65.4 Å². The van der Waals surface area contributed by atoms with Crippen LogP contribution in [0.1, 0.15) is 22.9 Å². The molecular weight excluding hydrogens is 384 g/mol. The summed E-state index contributed by atoms with van der Waals surface area (Å²) in [5, 5.41) is 12.3. The SMILES string of the molecule is COc1ccc(C2c3[nH]c4ccccc4c3CCN2CC(=O)NCC(=O)NO)cc1. The Labute approximate surface area is 173 Å². The van der Waals surface area contributed by atoms with E-state index in [1.807, 2.05) is 36.4 Å². The van der Waals surface area contributed by atoms with Gasteiger partial charge in [-0.2, -0.15) is 0 Å². The second kappa shape index (κ2) is 8.56. The van der Waals surface area contributed by atoms with E-state index in [0.29, 0.717) is 6.54 Å². The van der Waals surface area contributed by atoms with Crippen LogP contribution in [0.3, 0.4) is 0 Å². The fraction of sp³-hybridized carbons (Fsp3) is 0.273. The first-order chi connectivity index (χ1) is 14.6. The van der Waals surface area contributed by atoms with Gasteiger partial charge in [-0.15, -0.1) is 0 Å². The number of hydroxylamine groups is 1. The fourth-order valence-electron chi connectivity index (χ4n) is 4.08. The number of H-pyrrole nitrogens is 1. The van der Waals surface area contributed by atoms with Crippen LogP contribution < -0.4 is 15.5 Å². The first-order valence-electron chi connectivity index (χ1n) is 9.78. The molecule has 8 nitrogen and oxygen atoms in total. The summed E-state index contributed by atoms with van der Waals surface area (Å²) in [5.74, 6) is -0.172. The lowest BCUT2D eigenvalue weighted by atomic mass is 9.92. The van der Waals surface area contributed by atoms with Crippen molar-refractivity contribution < 1.29 is 19.5 Å². The van der Waals surface area contributed by atoms with E-state index in [0.717, 1.165) is 28.9 Å². The van der Waals surface area contributed by atoms with Crippen LogP contribution in [0.25, 0.3) is 10.9 Å². The molecule has 0 spiro atoms. The maximum Gasteiger partial charge on any atom is 0.262 e.